The summed E-state index contributed by atoms with van der Waals surface area (Å²) < 4.78 is 4.02. The number of nitrogens with zero attached hydrogens (tertiary/aromatic N) is 2. The molecule has 1 aromatic carbocycles. The number of aromatic carboxylic acids is 1. The van der Waals surface area contributed by atoms with Gasteiger partial charge in [0.25, 0.3) is 0 Å². The smallest absolute Gasteiger partial charge is 0.340 e. The first-order chi connectivity index (χ1) is 10.0. The molecule has 1 aromatic heterocycles. The van der Waals surface area contributed by atoms with Crippen molar-refractivity contribution in [1.29, 1.82) is 0 Å². The molecule has 2 aromatic rings. The molecule has 0 saturated heterocycles. The minimum Gasteiger partial charge on any atom is -0.478 e. The molecule has 0 aliphatic carbocycles. The van der Waals surface area contributed by atoms with Gasteiger partial charge in [-0.25, -0.2) is 4.79 Å². The van der Waals surface area contributed by atoms with Crippen LogP contribution in [0, 0.1) is 6.92 Å². The molecule has 0 atom stereocenters. The Kier molecular flexibility index (Phi) is 4.98. The van der Waals surface area contributed by atoms with E-state index in [1.807, 2.05) is 30.3 Å². The molecule has 110 valence electrons. The Hall–Kier alpha value is -1.86. The van der Waals surface area contributed by atoms with Gasteiger partial charge in [-0.15, -0.1) is 11.8 Å². The number of hydrogen-bond acceptors (Lipinski definition) is 5. The predicted molar refractivity (Wildman–Crippen MR) is 84.4 cm³/mol. The lowest BCUT2D eigenvalue weighted by Gasteiger charge is -2.15. The largest absolute Gasteiger partial charge is 0.478 e. The predicted octanol–water partition coefficient (Wildman–Crippen LogP) is 2.90. The minimum atomic E-state index is -1.06. The van der Waals surface area contributed by atoms with Gasteiger partial charge < -0.3 is 10.0 Å². The number of amides is 1. The summed E-state index contributed by atoms with van der Waals surface area (Å²) in [4.78, 5) is 25.8. The summed E-state index contributed by atoms with van der Waals surface area (Å²) in [6, 6.07) is 9.59. The van der Waals surface area contributed by atoms with Gasteiger partial charge in [-0.2, -0.15) is 4.37 Å². The van der Waals surface area contributed by atoms with Crippen LogP contribution in [-0.2, 0) is 4.79 Å². The van der Waals surface area contributed by atoms with Crippen LogP contribution in [0.1, 0.15) is 16.1 Å². The van der Waals surface area contributed by atoms with Crippen LogP contribution in [0.4, 0.5) is 5.00 Å². The first-order valence-corrected chi connectivity index (χ1v) is 7.90. The van der Waals surface area contributed by atoms with Crippen molar-refractivity contribution in [3.63, 3.8) is 0 Å². The lowest BCUT2D eigenvalue weighted by Crippen LogP contribution is -2.28. The number of anilines is 1. The van der Waals surface area contributed by atoms with E-state index in [0.29, 0.717) is 10.7 Å². The van der Waals surface area contributed by atoms with Crippen LogP contribution in [0.25, 0.3) is 0 Å². The molecular formula is C14H14N2O3S2. The van der Waals surface area contributed by atoms with Crippen molar-refractivity contribution < 1.29 is 14.7 Å². The van der Waals surface area contributed by atoms with Crippen LogP contribution >= 0.6 is 23.3 Å². The van der Waals surface area contributed by atoms with Gasteiger partial charge in [0, 0.05) is 11.9 Å². The van der Waals surface area contributed by atoms with Crippen LogP contribution < -0.4 is 4.90 Å². The Morgan fingerprint density at radius 3 is 2.62 bits per heavy atom. The number of carboxylic acid groups (broad SMARTS) is 1. The summed E-state index contributed by atoms with van der Waals surface area (Å²) >= 11 is 2.45. The highest BCUT2D eigenvalue weighted by atomic mass is 32.2. The zero-order valence-electron chi connectivity index (χ0n) is 11.6. The van der Waals surface area contributed by atoms with Gasteiger partial charge in [0.05, 0.1) is 11.4 Å². The molecule has 1 heterocycles. The summed E-state index contributed by atoms with van der Waals surface area (Å²) in [7, 11) is 1.58. The fourth-order valence-corrected chi connectivity index (χ4v) is 3.40. The molecule has 0 bridgehead atoms. The fourth-order valence-electron chi connectivity index (χ4n) is 1.70. The molecule has 5 nitrogen and oxygen atoms in total. The highest BCUT2D eigenvalue weighted by Gasteiger charge is 2.23. The van der Waals surface area contributed by atoms with Gasteiger partial charge in [-0.3, -0.25) is 4.79 Å². The summed E-state index contributed by atoms with van der Waals surface area (Å²) in [5.41, 5.74) is 0.526. The van der Waals surface area contributed by atoms with Gasteiger partial charge in [-0.05, 0) is 30.6 Å². The minimum absolute atomic E-state index is 0.0977. The second-order valence-corrected chi connectivity index (χ2v) is 6.11. The van der Waals surface area contributed by atoms with Crippen molar-refractivity contribution in [1.82, 2.24) is 4.37 Å². The quantitative estimate of drug-likeness (QED) is 0.857. The van der Waals surface area contributed by atoms with E-state index in [-0.39, 0.29) is 17.2 Å². The lowest BCUT2D eigenvalue weighted by atomic mass is 10.2. The summed E-state index contributed by atoms with van der Waals surface area (Å²) in [6.45, 7) is 1.63. The van der Waals surface area contributed by atoms with Crippen LogP contribution in [-0.4, -0.2) is 34.2 Å². The lowest BCUT2D eigenvalue weighted by molar-refractivity contribution is -0.115. The molecule has 1 amide bonds. The van der Waals surface area contributed by atoms with Crippen molar-refractivity contribution in [3.8, 4) is 0 Å². The number of benzene rings is 1. The standard InChI is InChI=1S/C14H14N2O3S2/c1-9-12(14(18)19)13(21-15-9)16(2)11(17)8-20-10-6-4-3-5-7-10/h3-7H,8H2,1-2H3,(H,18,19). The molecule has 0 fully saturated rings. The van der Waals surface area contributed by atoms with Crippen molar-refractivity contribution >= 4 is 40.2 Å². The maximum absolute atomic E-state index is 12.2. The fraction of sp³-hybridized carbons (Fsp3) is 0.214. The highest BCUT2D eigenvalue weighted by molar-refractivity contribution is 8.00. The zero-order valence-corrected chi connectivity index (χ0v) is 13.2. The number of thioether (sulfide) groups is 1. The van der Waals surface area contributed by atoms with E-state index in [1.165, 1.54) is 16.7 Å². The SMILES string of the molecule is Cc1nsc(N(C)C(=O)CSc2ccccc2)c1C(=O)O. The van der Waals surface area contributed by atoms with Crippen LogP contribution in [0.2, 0.25) is 0 Å². The van der Waals surface area contributed by atoms with Crippen LogP contribution in [0.15, 0.2) is 35.2 Å². The van der Waals surface area contributed by atoms with Gasteiger partial charge in [0.1, 0.15) is 10.6 Å². The first-order valence-electron chi connectivity index (χ1n) is 6.14. The van der Waals surface area contributed by atoms with E-state index in [9.17, 15) is 14.7 Å². The maximum Gasteiger partial charge on any atom is 0.340 e. The number of carboxylic acids is 1. The molecule has 21 heavy (non-hydrogen) atoms. The molecule has 0 unspecified atom stereocenters. The number of carbonyl (C=O) groups excluding carboxylic acids is 1. The third-order valence-corrected chi connectivity index (χ3v) is 4.86. The monoisotopic (exact) mass is 322 g/mol. The average molecular weight is 322 g/mol. The van der Waals surface area contributed by atoms with Crippen LogP contribution in [0.3, 0.4) is 0 Å². The Balaban J connectivity index is 2.08. The topological polar surface area (TPSA) is 70.5 Å². The molecular weight excluding hydrogens is 308 g/mol. The molecule has 0 spiro atoms. The summed E-state index contributed by atoms with van der Waals surface area (Å²) in [5.74, 6) is -0.974. The number of aromatic nitrogens is 1. The Labute approximate surface area is 130 Å². The second-order valence-electron chi connectivity index (χ2n) is 4.31. The number of rotatable bonds is 5. The van der Waals surface area contributed by atoms with E-state index < -0.39 is 5.97 Å². The van der Waals surface area contributed by atoms with Gasteiger partial charge in [0.2, 0.25) is 5.91 Å². The third-order valence-electron chi connectivity index (χ3n) is 2.84. The average Bonchev–Trinajstić information content (AvgIpc) is 2.87. The molecule has 7 heteroatoms. The Morgan fingerprint density at radius 2 is 2.00 bits per heavy atom. The van der Waals surface area contributed by atoms with E-state index in [1.54, 1.807) is 14.0 Å². The maximum atomic E-state index is 12.2. The second kappa shape index (κ2) is 6.73. The van der Waals surface area contributed by atoms with E-state index in [0.717, 1.165) is 16.4 Å². The van der Waals surface area contributed by atoms with Gasteiger partial charge in [0.15, 0.2) is 0 Å². The van der Waals surface area contributed by atoms with E-state index in [4.69, 9.17) is 0 Å². The molecule has 0 aliphatic rings. The number of carbonyl (C=O) groups is 2. The summed E-state index contributed by atoms with van der Waals surface area (Å²) in [5, 5.41) is 9.57. The Bertz CT molecular complexity index is 655. The van der Waals surface area contributed by atoms with Crippen molar-refractivity contribution in [3.05, 3.63) is 41.6 Å². The molecule has 0 radical (unpaired) electrons. The van der Waals surface area contributed by atoms with E-state index in [2.05, 4.69) is 4.37 Å². The zero-order chi connectivity index (χ0) is 15.4. The Morgan fingerprint density at radius 1 is 1.33 bits per heavy atom. The van der Waals surface area contributed by atoms with E-state index >= 15 is 0 Å². The first kappa shape index (κ1) is 15.5. The van der Waals surface area contributed by atoms with Crippen molar-refractivity contribution in [2.45, 2.75) is 11.8 Å². The molecule has 1 N–H and O–H groups in total. The number of aryl methyl sites for hydroxylation is 1. The normalized spacial score (nSPS) is 10.4. The third kappa shape index (κ3) is 3.62. The van der Waals surface area contributed by atoms with Gasteiger partial charge >= 0.3 is 5.97 Å². The molecule has 0 saturated carbocycles. The molecule has 0 aliphatic heterocycles. The molecule has 2 rings (SSSR count). The van der Waals surface area contributed by atoms with Crippen LogP contribution in [0.5, 0.6) is 0 Å². The number of hydrogen-bond donors (Lipinski definition) is 1. The highest BCUT2D eigenvalue weighted by Crippen LogP contribution is 2.28. The van der Waals surface area contributed by atoms with Crippen molar-refractivity contribution in [2.75, 3.05) is 17.7 Å². The van der Waals surface area contributed by atoms with Crippen molar-refractivity contribution in [2.24, 2.45) is 0 Å². The summed E-state index contributed by atoms with van der Waals surface area (Å²) in [6.07, 6.45) is 0. The van der Waals surface area contributed by atoms with Gasteiger partial charge in [-0.1, -0.05) is 18.2 Å².